The van der Waals surface area contributed by atoms with E-state index in [0.29, 0.717) is 30.5 Å². The van der Waals surface area contributed by atoms with Crippen molar-refractivity contribution in [2.24, 2.45) is 11.8 Å². The van der Waals surface area contributed by atoms with E-state index in [1.165, 1.54) is 0 Å². The van der Waals surface area contributed by atoms with E-state index in [1.54, 1.807) is 25.2 Å². The lowest BCUT2D eigenvalue weighted by Crippen LogP contribution is -2.51. The fraction of sp³-hybridized carbons (Fsp3) is 0.588. The average molecular weight is 357 g/mol. The van der Waals surface area contributed by atoms with E-state index in [1.807, 2.05) is 13.0 Å². The van der Waals surface area contributed by atoms with Crippen LogP contribution in [-0.4, -0.2) is 49.8 Å². The molecule has 1 aromatic carbocycles. The van der Waals surface area contributed by atoms with Gasteiger partial charge in [0.15, 0.2) is 0 Å². The molecule has 2 heterocycles. The fourth-order valence-electron chi connectivity index (χ4n) is 3.40. The molecule has 0 aromatic heterocycles. The molecule has 24 heavy (non-hydrogen) atoms. The number of methoxy groups -OCH3 is 2. The first-order chi connectivity index (χ1) is 11.1. The number of benzene rings is 1. The fourth-order valence-corrected chi connectivity index (χ4v) is 3.40. The van der Waals surface area contributed by atoms with E-state index >= 15 is 0 Å². The predicted molar refractivity (Wildman–Crippen MR) is 92.7 cm³/mol. The zero-order valence-electron chi connectivity index (χ0n) is 14.2. The van der Waals surface area contributed by atoms with E-state index in [2.05, 4.69) is 5.32 Å². The summed E-state index contributed by atoms with van der Waals surface area (Å²) < 4.78 is 10.8. The Kier molecular flexibility index (Phi) is 5.96. The van der Waals surface area contributed by atoms with Gasteiger partial charge in [-0.15, -0.1) is 12.4 Å². The molecule has 1 amide bonds. The summed E-state index contributed by atoms with van der Waals surface area (Å²) in [7, 11) is 3.18. The SMILES string of the molecule is COc1ccc(OC)c2c1CN(C(=O)C(C)C1CNC1)CC2O.Cl. The van der Waals surface area contributed by atoms with Crippen molar-refractivity contribution < 1.29 is 19.4 Å². The maximum atomic E-state index is 12.8. The van der Waals surface area contributed by atoms with Gasteiger partial charge in [0, 0.05) is 23.6 Å². The number of fused-ring (bicyclic) bond motifs is 1. The van der Waals surface area contributed by atoms with Gasteiger partial charge in [-0.25, -0.2) is 0 Å². The second kappa shape index (κ2) is 7.59. The summed E-state index contributed by atoms with van der Waals surface area (Å²) in [5, 5.41) is 13.8. The van der Waals surface area contributed by atoms with Gasteiger partial charge in [-0.3, -0.25) is 4.79 Å². The summed E-state index contributed by atoms with van der Waals surface area (Å²) in [6, 6.07) is 3.61. The summed E-state index contributed by atoms with van der Waals surface area (Å²) in [5.41, 5.74) is 1.56. The second-order valence-electron chi connectivity index (χ2n) is 6.30. The minimum absolute atomic E-state index is 0. The molecule has 0 saturated carbocycles. The van der Waals surface area contributed by atoms with Crippen molar-refractivity contribution in [3.63, 3.8) is 0 Å². The molecule has 0 bridgehead atoms. The highest BCUT2D eigenvalue weighted by atomic mass is 35.5. The predicted octanol–water partition coefficient (Wildman–Crippen LogP) is 1.36. The minimum atomic E-state index is -0.764. The van der Waals surface area contributed by atoms with Crippen molar-refractivity contribution in [1.29, 1.82) is 0 Å². The zero-order valence-corrected chi connectivity index (χ0v) is 15.1. The number of rotatable bonds is 4. The molecule has 0 aliphatic carbocycles. The molecule has 0 radical (unpaired) electrons. The first-order valence-electron chi connectivity index (χ1n) is 7.98. The molecule has 1 aromatic rings. The Morgan fingerprint density at radius 3 is 2.46 bits per heavy atom. The molecule has 2 aliphatic rings. The maximum absolute atomic E-state index is 12.8. The van der Waals surface area contributed by atoms with Crippen LogP contribution in [0.3, 0.4) is 0 Å². The number of carbonyl (C=O) groups excluding carboxylic acids is 1. The molecule has 134 valence electrons. The number of amides is 1. The molecule has 2 unspecified atom stereocenters. The summed E-state index contributed by atoms with van der Waals surface area (Å²) in [6.07, 6.45) is -0.764. The topological polar surface area (TPSA) is 71.0 Å². The number of aliphatic hydroxyl groups excluding tert-OH is 1. The number of hydrogen-bond acceptors (Lipinski definition) is 5. The van der Waals surface area contributed by atoms with Crippen LogP contribution in [0, 0.1) is 11.8 Å². The number of β-amino-alcohol motifs (C(OH)–C–C–N with tert-alkyl or cyclic N) is 1. The standard InChI is InChI=1S/C17H24N2O4.ClH/c1-10(11-6-18-7-11)17(21)19-8-12-14(22-2)4-5-15(23-3)16(12)13(20)9-19;/h4-5,10-11,13,18,20H,6-9H2,1-3H3;1H. The Balaban J connectivity index is 0.00000208. The normalized spacial score (nSPS) is 21.2. The molecule has 2 aliphatic heterocycles. The molecule has 7 heteroatoms. The highest BCUT2D eigenvalue weighted by Gasteiger charge is 2.36. The van der Waals surface area contributed by atoms with Gasteiger partial charge in [0.25, 0.3) is 0 Å². The molecule has 6 nitrogen and oxygen atoms in total. The van der Waals surface area contributed by atoms with Gasteiger partial charge in [0.1, 0.15) is 17.6 Å². The zero-order chi connectivity index (χ0) is 16.6. The van der Waals surface area contributed by atoms with Gasteiger partial charge < -0.3 is 24.8 Å². The van der Waals surface area contributed by atoms with Crippen LogP contribution in [0.5, 0.6) is 11.5 Å². The molecule has 0 spiro atoms. The largest absolute Gasteiger partial charge is 0.496 e. The van der Waals surface area contributed by atoms with Gasteiger partial charge in [-0.2, -0.15) is 0 Å². The summed E-state index contributed by atoms with van der Waals surface area (Å²) in [5.74, 6) is 1.74. The smallest absolute Gasteiger partial charge is 0.226 e. The molecule has 3 rings (SSSR count). The Bertz CT molecular complexity index is 606. The Morgan fingerprint density at radius 1 is 1.29 bits per heavy atom. The third-order valence-corrected chi connectivity index (χ3v) is 5.01. The van der Waals surface area contributed by atoms with Crippen LogP contribution in [0.25, 0.3) is 0 Å². The van der Waals surface area contributed by atoms with Crippen molar-refractivity contribution in [3.8, 4) is 11.5 Å². The quantitative estimate of drug-likeness (QED) is 0.852. The van der Waals surface area contributed by atoms with Gasteiger partial charge in [-0.1, -0.05) is 6.92 Å². The van der Waals surface area contributed by atoms with Gasteiger partial charge in [0.2, 0.25) is 5.91 Å². The van der Waals surface area contributed by atoms with Crippen LogP contribution in [-0.2, 0) is 11.3 Å². The van der Waals surface area contributed by atoms with E-state index in [0.717, 1.165) is 24.2 Å². The number of nitrogens with zero attached hydrogens (tertiary/aromatic N) is 1. The lowest BCUT2D eigenvalue weighted by molar-refractivity contribution is -0.140. The second-order valence-corrected chi connectivity index (χ2v) is 6.30. The van der Waals surface area contributed by atoms with Crippen LogP contribution in [0.4, 0.5) is 0 Å². The van der Waals surface area contributed by atoms with Crippen LogP contribution < -0.4 is 14.8 Å². The molecule has 1 saturated heterocycles. The van der Waals surface area contributed by atoms with Crippen molar-refractivity contribution >= 4 is 18.3 Å². The highest BCUT2D eigenvalue weighted by molar-refractivity contribution is 5.85. The third kappa shape index (κ3) is 3.18. The van der Waals surface area contributed by atoms with Gasteiger partial charge >= 0.3 is 0 Å². The molecule has 2 atom stereocenters. The van der Waals surface area contributed by atoms with E-state index in [4.69, 9.17) is 9.47 Å². The summed E-state index contributed by atoms with van der Waals surface area (Å²) >= 11 is 0. The first-order valence-corrected chi connectivity index (χ1v) is 7.98. The lowest BCUT2D eigenvalue weighted by Gasteiger charge is -2.38. The summed E-state index contributed by atoms with van der Waals surface area (Å²) in [4.78, 5) is 14.5. The average Bonchev–Trinajstić information content (AvgIpc) is 2.51. The number of nitrogens with one attached hydrogen (secondary N) is 1. The lowest BCUT2D eigenvalue weighted by atomic mass is 9.86. The number of ether oxygens (including phenoxy) is 2. The van der Waals surface area contributed by atoms with Crippen LogP contribution in [0.2, 0.25) is 0 Å². The highest BCUT2D eigenvalue weighted by Crippen LogP contribution is 2.39. The van der Waals surface area contributed by atoms with E-state index < -0.39 is 6.10 Å². The van der Waals surface area contributed by atoms with Crippen molar-refractivity contribution in [2.45, 2.75) is 19.6 Å². The van der Waals surface area contributed by atoms with Gasteiger partial charge in [0.05, 0.1) is 20.8 Å². The van der Waals surface area contributed by atoms with Crippen molar-refractivity contribution in [2.75, 3.05) is 33.9 Å². The van der Waals surface area contributed by atoms with Crippen LogP contribution in [0.1, 0.15) is 24.2 Å². The number of aliphatic hydroxyl groups is 1. The third-order valence-electron chi connectivity index (χ3n) is 5.01. The maximum Gasteiger partial charge on any atom is 0.226 e. The van der Waals surface area contributed by atoms with Gasteiger partial charge in [-0.05, 0) is 31.1 Å². The summed E-state index contributed by atoms with van der Waals surface area (Å²) in [6.45, 7) is 4.47. The first kappa shape index (κ1) is 18.8. The number of halogens is 1. The Labute approximate surface area is 148 Å². The van der Waals surface area contributed by atoms with Crippen LogP contribution >= 0.6 is 12.4 Å². The van der Waals surface area contributed by atoms with E-state index in [9.17, 15) is 9.90 Å². The molecular formula is C17H25ClN2O4. The Hall–Kier alpha value is -1.50. The molecule has 2 N–H and O–H groups in total. The van der Waals surface area contributed by atoms with E-state index in [-0.39, 0.29) is 24.2 Å². The van der Waals surface area contributed by atoms with Crippen LogP contribution in [0.15, 0.2) is 12.1 Å². The van der Waals surface area contributed by atoms with Crippen molar-refractivity contribution in [1.82, 2.24) is 10.2 Å². The number of hydrogen-bond donors (Lipinski definition) is 2. The molecule has 1 fully saturated rings. The minimum Gasteiger partial charge on any atom is -0.496 e. The molecular weight excluding hydrogens is 332 g/mol. The monoisotopic (exact) mass is 356 g/mol. The van der Waals surface area contributed by atoms with Crippen molar-refractivity contribution in [3.05, 3.63) is 23.3 Å². The number of carbonyl (C=O) groups is 1. The Morgan fingerprint density at radius 2 is 1.92 bits per heavy atom.